The van der Waals surface area contributed by atoms with Crippen LogP contribution in [0.2, 0.25) is 0 Å². The van der Waals surface area contributed by atoms with Crippen LogP contribution in [0.5, 0.6) is 0 Å². The van der Waals surface area contributed by atoms with E-state index in [1.807, 2.05) is 0 Å². The molecule has 2 rings (SSSR count). The summed E-state index contributed by atoms with van der Waals surface area (Å²) in [6.45, 7) is 12.4. The van der Waals surface area contributed by atoms with E-state index < -0.39 is 0 Å². The average Bonchev–Trinajstić information content (AvgIpc) is 2.83. The van der Waals surface area contributed by atoms with E-state index in [1.165, 1.54) is 49.0 Å². The standard InChI is InChI=1S/C14H21N.C3H8/c1-3-14-7-6-13(10-12(14)2)11-15-8-4-5-9-15;1-3-2/h6-7,10H,3-5,8-9,11H2,1-2H3;3H2,1-2H3. The van der Waals surface area contributed by atoms with Gasteiger partial charge in [0.25, 0.3) is 0 Å². The van der Waals surface area contributed by atoms with Gasteiger partial charge in [-0.05, 0) is 56.0 Å². The molecule has 0 bridgehead atoms. The SMILES string of the molecule is CCC.CCc1ccc(CN2CCCC2)cc1C. The van der Waals surface area contributed by atoms with Gasteiger partial charge in [0, 0.05) is 6.54 Å². The lowest BCUT2D eigenvalue weighted by Crippen LogP contribution is -2.18. The molecule has 0 saturated carbocycles. The first-order chi connectivity index (χ1) is 8.71. The Morgan fingerprint density at radius 2 is 1.67 bits per heavy atom. The fourth-order valence-corrected chi connectivity index (χ4v) is 2.45. The molecule has 0 aromatic heterocycles. The largest absolute Gasteiger partial charge is 0.299 e. The summed E-state index contributed by atoms with van der Waals surface area (Å²) >= 11 is 0. The topological polar surface area (TPSA) is 3.24 Å². The van der Waals surface area contributed by atoms with E-state index >= 15 is 0 Å². The van der Waals surface area contributed by atoms with Gasteiger partial charge in [0.05, 0.1) is 0 Å². The summed E-state index contributed by atoms with van der Waals surface area (Å²) in [4.78, 5) is 2.56. The Morgan fingerprint density at radius 1 is 1.06 bits per heavy atom. The Balaban J connectivity index is 0.000000492. The van der Waals surface area contributed by atoms with E-state index in [2.05, 4.69) is 50.8 Å². The predicted octanol–water partition coefficient (Wildman–Crippen LogP) is 4.57. The van der Waals surface area contributed by atoms with Gasteiger partial charge < -0.3 is 0 Å². The molecule has 0 aliphatic carbocycles. The highest BCUT2D eigenvalue weighted by Gasteiger charge is 2.11. The molecule has 1 saturated heterocycles. The van der Waals surface area contributed by atoms with Gasteiger partial charge in [-0.1, -0.05) is 45.4 Å². The maximum Gasteiger partial charge on any atom is 0.0233 e. The van der Waals surface area contributed by atoms with Crippen molar-refractivity contribution < 1.29 is 0 Å². The number of likely N-dealkylation sites (tertiary alicyclic amines) is 1. The van der Waals surface area contributed by atoms with E-state index in [-0.39, 0.29) is 0 Å². The Bertz CT molecular complexity index is 337. The van der Waals surface area contributed by atoms with Crippen LogP contribution in [0, 0.1) is 6.92 Å². The van der Waals surface area contributed by atoms with Crippen molar-refractivity contribution in [2.75, 3.05) is 13.1 Å². The molecule has 1 heterocycles. The first-order valence-corrected chi connectivity index (χ1v) is 7.52. The lowest BCUT2D eigenvalue weighted by molar-refractivity contribution is 0.331. The summed E-state index contributed by atoms with van der Waals surface area (Å²) in [5.41, 5.74) is 4.42. The summed E-state index contributed by atoms with van der Waals surface area (Å²) in [5.74, 6) is 0. The maximum atomic E-state index is 2.56. The highest BCUT2D eigenvalue weighted by molar-refractivity contribution is 5.31. The highest BCUT2D eigenvalue weighted by Crippen LogP contribution is 2.16. The van der Waals surface area contributed by atoms with Crippen LogP contribution in [-0.2, 0) is 13.0 Å². The maximum absolute atomic E-state index is 2.56. The second-order valence-corrected chi connectivity index (χ2v) is 5.30. The van der Waals surface area contributed by atoms with Gasteiger partial charge in [-0.25, -0.2) is 0 Å². The van der Waals surface area contributed by atoms with E-state index in [9.17, 15) is 0 Å². The molecule has 1 aromatic rings. The summed E-state index contributed by atoms with van der Waals surface area (Å²) in [6, 6.07) is 6.95. The minimum Gasteiger partial charge on any atom is -0.299 e. The summed E-state index contributed by atoms with van der Waals surface area (Å²) in [6.07, 6.45) is 5.16. The number of benzene rings is 1. The van der Waals surface area contributed by atoms with E-state index in [4.69, 9.17) is 0 Å². The normalized spacial score (nSPS) is 15.3. The van der Waals surface area contributed by atoms with Gasteiger partial charge in [-0.2, -0.15) is 0 Å². The Hall–Kier alpha value is -0.820. The van der Waals surface area contributed by atoms with Crippen LogP contribution in [0.1, 0.15) is 56.7 Å². The molecule has 0 unspecified atom stereocenters. The van der Waals surface area contributed by atoms with Gasteiger partial charge in [0.1, 0.15) is 0 Å². The third-order valence-corrected chi connectivity index (χ3v) is 3.39. The summed E-state index contributed by atoms with van der Waals surface area (Å²) in [7, 11) is 0. The molecule has 18 heavy (non-hydrogen) atoms. The van der Waals surface area contributed by atoms with Crippen LogP contribution < -0.4 is 0 Å². The zero-order chi connectivity index (χ0) is 13.4. The van der Waals surface area contributed by atoms with Crippen molar-refractivity contribution in [1.29, 1.82) is 0 Å². The minimum absolute atomic E-state index is 1.14. The zero-order valence-corrected chi connectivity index (χ0v) is 12.6. The number of aryl methyl sites for hydroxylation is 2. The van der Waals surface area contributed by atoms with Crippen molar-refractivity contribution in [3.8, 4) is 0 Å². The Labute approximate surface area is 113 Å². The van der Waals surface area contributed by atoms with E-state index in [0.29, 0.717) is 0 Å². The molecule has 0 N–H and O–H groups in total. The predicted molar refractivity (Wildman–Crippen MR) is 81.0 cm³/mol. The number of rotatable bonds is 3. The summed E-state index contributed by atoms with van der Waals surface area (Å²) < 4.78 is 0. The van der Waals surface area contributed by atoms with Crippen LogP contribution in [-0.4, -0.2) is 18.0 Å². The molecule has 0 radical (unpaired) electrons. The molecule has 1 aliphatic heterocycles. The second kappa shape index (κ2) is 8.31. The first kappa shape index (κ1) is 15.2. The molecule has 1 aliphatic rings. The smallest absolute Gasteiger partial charge is 0.0233 e. The van der Waals surface area contributed by atoms with Gasteiger partial charge >= 0.3 is 0 Å². The van der Waals surface area contributed by atoms with Crippen LogP contribution >= 0.6 is 0 Å². The van der Waals surface area contributed by atoms with Gasteiger partial charge in [0.15, 0.2) is 0 Å². The average molecular weight is 247 g/mol. The number of nitrogens with zero attached hydrogens (tertiary/aromatic N) is 1. The first-order valence-electron chi connectivity index (χ1n) is 7.52. The molecular weight excluding hydrogens is 218 g/mol. The van der Waals surface area contributed by atoms with Crippen molar-refractivity contribution in [2.24, 2.45) is 0 Å². The molecule has 1 aromatic carbocycles. The third-order valence-electron chi connectivity index (χ3n) is 3.39. The van der Waals surface area contributed by atoms with Crippen molar-refractivity contribution in [3.05, 3.63) is 34.9 Å². The fourth-order valence-electron chi connectivity index (χ4n) is 2.45. The third kappa shape index (κ3) is 4.81. The molecule has 102 valence electrons. The van der Waals surface area contributed by atoms with Crippen molar-refractivity contribution in [1.82, 2.24) is 4.90 Å². The van der Waals surface area contributed by atoms with Crippen LogP contribution in [0.3, 0.4) is 0 Å². The lowest BCUT2D eigenvalue weighted by Gasteiger charge is -2.15. The number of hydrogen-bond acceptors (Lipinski definition) is 1. The molecular formula is C17H29N. The Kier molecular flexibility index (Phi) is 7.04. The van der Waals surface area contributed by atoms with Gasteiger partial charge in [-0.3, -0.25) is 4.90 Å². The molecule has 1 nitrogen and oxygen atoms in total. The van der Waals surface area contributed by atoms with E-state index in [0.717, 1.165) is 13.0 Å². The fraction of sp³-hybridized carbons (Fsp3) is 0.647. The molecule has 1 heteroatoms. The van der Waals surface area contributed by atoms with Crippen LogP contribution in [0.15, 0.2) is 18.2 Å². The quantitative estimate of drug-likeness (QED) is 0.756. The minimum atomic E-state index is 1.14. The van der Waals surface area contributed by atoms with Crippen LogP contribution in [0.25, 0.3) is 0 Å². The lowest BCUT2D eigenvalue weighted by atomic mass is 10.0. The molecule has 1 fully saturated rings. The highest BCUT2D eigenvalue weighted by atomic mass is 15.1. The molecule has 0 atom stereocenters. The zero-order valence-electron chi connectivity index (χ0n) is 12.6. The Morgan fingerprint density at radius 3 is 2.17 bits per heavy atom. The molecule has 0 amide bonds. The summed E-state index contributed by atoms with van der Waals surface area (Å²) in [5, 5.41) is 0. The van der Waals surface area contributed by atoms with Crippen molar-refractivity contribution in [2.45, 2.75) is 59.9 Å². The van der Waals surface area contributed by atoms with Gasteiger partial charge in [-0.15, -0.1) is 0 Å². The monoisotopic (exact) mass is 247 g/mol. The van der Waals surface area contributed by atoms with E-state index in [1.54, 1.807) is 0 Å². The van der Waals surface area contributed by atoms with Crippen molar-refractivity contribution in [3.63, 3.8) is 0 Å². The molecule has 0 spiro atoms. The van der Waals surface area contributed by atoms with Crippen molar-refractivity contribution >= 4 is 0 Å². The van der Waals surface area contributed by atoms with Gasteiger partial charge in [0.2, 0.25) is 0 Å². The van der Waals surface area contributed by atoms with Crippen LogP contribution in [0.4, 0.5) is 0 Å². The number of hydrogen-bond donors (Lipinski definition) is 0. The second-order valence-electron chi connectivity index (χ2n) is 5.30.